The molecule has 6 nitrogen and oxygen atoms in total. The first kappa shape index (κ1) is 17.0. The van der Waals surface area contributed by atoms with Crippen molar-refractivity contribution in [2.24, 2.45) is 0 Å². The van der Waals surface area contributed by atoms with Crippen molar-refractivity contribution < 1.29 is 4.74 Å². The van der Waals surface area contributed by atoms with Crippen LogP contribution in [-0.2, 0) is 6.54 Å². The van der Waals surface area contributed by atoms with Crippen LogP contribution in [0.1, 0.15) is 19.5 Å². The average molecular weight is 338 g/mol. The number of hydrogen-bond acceptors (Lipinski definition) is 5. The number of nitrogens with one attached hydrogen (secondary N) is 1. The molecule has 0 amide bonds. The number of anilines is 1. The van der Waals surface area contributed by atoms with Crippen molar-refractivity contribution in [2.75, 3.05) is 19.0 Å². The van der Waals surface area contributed by atoms with E-state index in [-0.39, 0.29) is 5.56 Å². The maximum Gasteiger partial charge on any atom is 0.260 e. The van der Waals surface area contributed by atoms with E-state index in [1.54, 1.807) is 11.7 Å². The van der Waals surface area contributed by atoms with Crippen molar-refractivity contribution in [3.05, 3.63) is 46.4 Å². The molecule has 0 atom stereocenters. The fourth-order valence-electron chi connectivity index (χ4n) is 2.92. The van der Waals surface area contributed by atoms with Crippen LogP contribution >= 0.6 is 0 Å². The van der Waals surface area contributed by atoms with E-state index in [1.165, 1.54) is 0 Å². The van der Waals surface area contributed by atoms with E-state index in [0.29, 0.717) is 23.7 Å². The van der Waals surface area contributed by atoms with Gasteiger partial charge in [0, 0.05) is 24.0 Å². The summed E-state index contributed by atoms with van der Waals surface area (Å²) >= 11 is 0. The van der Waals surface area contributed by atoms with Gasteiger partial charge in [0.15, 0.2) is 0 Å². The van der Waals surface area contributed by atoms with Crippen molar-refractivity contribution in [3.8, 4) is 16.9 Å². The molecule has 0 fully saturated rings. The number of aryl methyl sites for hydroxylation is 2. The molecule has 3 rings (SSSR count). The van der Waals surface area contributed by atoms with E-state index in [9.17, 15) is 4.79 Å². The van der Waals surface area contributed by atoms with Crippen LogP contribution in [0.3, 0.4) is 0 Å². The summed E-state index contributed by atoms with van der Waals surface area (Å²) in [5.41, 5.74) is 2.87. The van der Waals surface area contributed by atoms with Gasteiger partial charge in [-0.25, -0.2) is 4.98 Å². The number of aromatic nitrogens is 3. The quantitative estimate of drug-likeness (QED) is 0.773. The van der Waals surface area contributed by atoms with Gasteiger partial charge in [0.2, 0.25) is 5.95 Å². The number of hydrogen-bond donors (Lipinski definition) is 1. The Morgan fingerprint density at radius 2 is 2.00 bits per heavy atom. The molecule has 2 aromatic heterocycles. The lowest BCUT2D eigenvalue weighted by Gasteiger charge is -2.14. The number of rotatable bonds is 5. The van der Waals surface area contributed by atoms with E-state index in [0.717, 1.165) is 28.9 Å². The molecule has 1 N–H and O–H groups in total. The van der Waals surface area contributed by atoms with E-state index in [4.69, 9.17) is 4.74 Å². The smallest absolute Gasteiger partial charge is 0.260 e. The summed E-state index contributed by atoms with van der Waals surface area (Å²) in [6.07, 6.45) is 0. The Hall–Kier alpha value is -2.89. The van der Waals surface area contributed by atoms with Crippen LogP contribution in [0, 0.1) is 6.92 Å². The fraction of sp³-hybridized carbons (Fsp3) is 0.316. The molecule has 1 aromatic carbocycles. The largest absolute Gasteiger partial charge is 0.497 e. The summed E-state index contributed by atoms with van der Waals surface area (Å²) in [6, 6.07) is 9.40. The zero-order valence-corrected chi connectivity index (χ0v) is 15.0. The van der Waals surface area contributed by atoms with Crippen molar-refractivity contribution >= 4 is 17.0 Å². The molecule has 25 heavy (non-hydrogen) atoms. The number of benzene rings is 1. The van der Waals surface area contributed by atoms with Gasteiger partial charge in [-0.15, -0.1) is 0 Å². The van der Waals surface area contributed by atoms with Crippen molar-refractivity contribution in [1.82, 2.24) is 14.5 Å². The van der Waals surface area contributed by atoms with Crippen LogP contribution in [0.5, 0.6) is 5.75 Å². The summed E-state index contributed by atoms with van der Waals surface area (Å²) in [4.78, 5) is 22.1. The normalized spacial score (nSPS) is 10.9. The monoisotopic (exact) mass is 338 g/mol. The third-order valence-corrected chi connectivity index (χ3v) is 4.17. The lowest BCUT2D eigenvalue weighted by molar-refractivity contribution is 0.415. The van der Waals surface area contributed by atoms with Gasteiger partial charge >= 0.3 is 0 Å². The molecule has 0 unspecified atom stereocenters. The molecular weight excluding hydrogens is 316 g/mol. The Morgan fingerprint density at radius 3 is 2.68 bits per heavy atom. The van der Waals surface area contributed by atoms with E-state index < -0.39 is 0 Å². The molecule has 0 bridgehead atoms. The van der Waals surface area contributed by atoms with Crippen LogP contribution in [-0.4, -0.2) is 28.2 Å². The standard InChI is InChI=1S/C19H22N4O2/c1-5-20-19-21-12(3)15-11-16(13-8-7-9-14(10-13)25-4)18(24)23(6-2)17(15)22-19/h7-11H,5-6H2,1-4H3,(H,20,21,22). The van der Waals surface area contributed by atoms with Crippen molar-refractivity contribution in [3.63, 3.8) is 0 Å². The maximum atomic E-state index is 13.0. The summed E-state index contributed by atoms with van der Waals surface area (Å²) in [7, 11) is 1.62. The Bertz CT molecular complexity index is 979. The van der Waals surface area contributed by atoms with Gasteiger partial charge in [0.25, 0.3) is 5.56 Å². The molecule has 0 radical (unpaired) electrons. The summed E-state index contributed by atoms with van der Waals surface area (Å²) < 4.78 is 6.98. The molecule has 0 aliphatic carbocycles. The molecule has 2 heterocycles. The number of pyridine rings is 1. The Kier molecular flexibility index (Phi) is 4.70. The van der Waals surface area contributed by atoms with E-state index in [1.807, 2.05) is 51.1 Å². The highest BCUT2D eigenvalue weighted by molar-refractivity contribution is 5.84. The Labute approximate surface area is 146 Å². The van der Waals surface area contributed by atoms with Gasteiger partial charge in [0.1, 0.15) is 11.4 Å². The average Bonchev–Trinajstić information content (AvgIpc) is 2.62. The third kappa shape index (κ3) is 3.07. The number of nitrogens with zero attached hydrogens (tertiary/aromatic N) is 3. The zero-order valence-electron chi connectivity index (χ0n) is 15.0. The molecule has 130 valence electrons. The minimum absolute atomic E-state index is 0.0659. The molecule has 0 aliphatic rings. The Morgan fingerprint density at radius 1 is 1.20 bits per heavy atom. The molecule has 6 heteroatoms. The lowest BCUT2D eigenvalue weighted by atomic mass is 10.0. The first-order chi connectivity index (χ1) is 12.1. The first-order valence-corrected chi connectivity index (χ1v) is 8.39. The maximum absolute atomic E-state index is 13.0. The van der Waals surface area contributed by atoms with Gasteiger partial charge in [-0.2, -0.15) is 4.98 Å². The van der Waals surface area contributed by atoms with Crippen molar-refractivity contribution in [1.29, 1.82) is 0 Å². The summed E-state index contributed by atoms with van der Waals surface area (Å²) in [5, 5.41) is 3.99. The van der Waals surface area contributed by atoms with Crippen molar-refractivity contribution in [2.45, 2.75) is 27.3 Å². The van der Waals surface area contributed by atoms with Crippen LogP contribution in [0.15, 0.2) is 35.1 Å². The number of methoxy groups -OCH3 is 1. The molecule has 0 saturated heterocycles. The highest BCUT2D eigenvalue weighted by Gasteiger charge is 2.15. The van der Waals surface area contributed by atoms with Gasteiger partial charge in [-0.3, -0.25) is 9.36 Å². The third-order valence-electron chi connectivity index (χ3n) is 4.17. The van der Waals surface area contributed by atoms with Gasteiger partial charge in [0.05, 0.1) is 12.8 Å². The van der Waals surface area contributed by atoms with Gasteiger partial charge in [-0.05, 0) is 44.5 Å². The predicted octanol–water partition coefficient (Wildman–Crippen LogP) is 3.23. The molecular formula is C19H22N4O2. The topological polar surface area (TPSA) is 69.0 Å². The van der Waals surface area contributed by atoms with E-state index in [2.05, 4.69) is 15.3 Å². The molecule has 0 spiro atoms. The lowest BCUT2D eigenvalue weighted by Crippen LogP contribution is -2.23. The first-order valence-electron chi connectivity index (χ1n) is 8.39. The second-order valence-electron chi connectivity index (χ2n) is 5.74. The number of ether oxygens (including phenoxy) is 1. The van der Waals surface area contributed by atoms with Gasteiger partial charge in [-0.1, -0.05) is 12.1 Å². The zero-order chi connectivity index (χ0) is 18.0. The van der Waals surface area contributed by atoms with Crippen LogP contribution < -0.4 is 15.6 Å². The highest BCUT2D eigenvalue weighted by Crippen LogP contribution is 2.25. The predicted molar refractivity (Wildman–Crippen MR) is 100 cm³/mol. The Balaban J connectivity index is 2.31. The SMILES string of the molecule is CCNc1nc(C)c2cc(-c3cccc(OC)c3)c(=O)n(CC)c2n1. The number of fused-ring (bicyclic) bond motifs is 1. The highest BCUT2D eigenvalue weighted by atomic mass is 16.5. The summed E-state index contributed by atoms with van der Waals surface area (Å²) in [5.74, 6) is 1.26. The second kappa shape index (κ2) is 6.93. The molecule has 0 saturated carbocycles. The van der Waals surface area contributed by atoms with Crippen LogP contribution in [0.25, 0.3) is 22.2 Å². The minimum Gasteiger partial charge on any atom is -0.497 e. The minimum atomic E-state index is -0.0659. The van der Waals surface area contributed by atoms with Crippen LogP contribution in [0.4, 0.5) is 5.95 Å². The van der Waals surface area contributed by atoms with Gasteiger partial charge < -0.3 is 10.1 Å². The fourth-order valence-corrected chi connectivity index (χ4v) is 2.92. The second-order valence-corrected chi connectivity index (χ2v) is 5.74. The molecule has 3 aromatic rings. The van der Waals surface area contributed by atoms with Crippen LogP contribution in [0.2, 0.25) is 0 Å². The molecule has 0 aliphatic heterocycles. The van der Waals surface area contributed by atoms with E-state index >= 15 is 0 Å². The summed E-state index contributed by atoms with van der Waals surface area (Å²) in [6.45, 7) is 7.13.